The van der Waals surface area contributed by atoms with Crippen molar-refractivity contribution in [2.45, 2.75) is 32.9 Å². The van der Waals surface area contributed by atoms with Crippen molar-refractivity contribution in [3.8, 4) is 0 Å². The summed E-state index contributed by atoms with van der Waals surface area (Å²) in [6, 6.07) is 4.21. The van der Waals surface area contributed by atoms with Crippen LogP contribution in [0.1, 0.15) is 23.8 Å². The number of aliphatic imine (C=N–C) groups is 1. The van der Waals surface area contributed by atoms with Gasteiger partial charge in [-0.15, -0.1) is 34.2 Å². The molecule has 0 spiro atoms. The summed E-state index contributed by atoms with van der Waals surface area (Å²) in [7, 11) is 5.98. The molecule has 7 nitrogen and oxygen atoms in total. The van der Waals surface area contributed by atoms with E-state index in [1.54, 1.807) is 0 Å². The highest BCUT2D eigenvalue weighted by Crippen LogP contribution is 2.19. The molecule has 0 aromatic carbocycles. The molecule has 0 saturated heterocycles. The summed E-state index contributed by atoms with van der Waals surface area (Å²) in [4.78, 5) is 6.59. The van der Waals surface area contributed by atoms with Gasteiger partial charge in [0.15, 0.2) is 5.96 Å². The normalized spacial score (nSPS) is 17.0. The Hall–Kier alpha value is -1.58. The van der Waals surface area contributed by atoms with Crippen LogP contribution in [0.3, 0.4) is 0 Å². The van der Waals surface area contributed by atoms with Crippen molar-refractivity contribution in [1.29, 1.82) is 0 Å². The van der Waals surface area contributed by atoms with Crippen LogP contribution in [0.5, 0.6) is 0 Å². The summed E-state index contributed by atoms with van der Waals surface area (Å²) in [5.74, 6) is 3.64. The first kappa shape index (κ1) is 19.7. The van der Waals surface area contributed by atoms with Gasteiger partial charge in [-0.25, -0.2) is 0 Å². The van der Waals surface area contributed by atoms with Crippen molar-refractivity contribution < 1.29 is 0 Å². The first-order valence-corrected chi connectivity index (χ1v) is 8.49. The van der Waals surface area contributed by atoms with Gasteiger partial charge in [-0.2, -0.15) is 0 Å². The largest absolute Gasteiger partial charge is 0.356 e. The third kappa shape index (κ3) is 4.53. The molecule has 2 aromatic rings. The van der Waals surface area contributed by atoms with E-state index in [4.69, 9.17) is 0 Å². The van der Waals surface area contributed by atoms with E-state index < -0.39 is 0 Å². The first-order valence-electron chi connectivity index (χ1n) is 8.49. The van der Waals surface area contributed by atoms with E-state index in [1.807, 2.05) is 14.0 Å². The molecule has 0 saturated carbocycles. The van der Waals surface area contributed by atoms with Crippen LogP contribution >= 0.6 is 24.0 Å². The molecule has 1 atom stereocenters. The highest BCUT2D eigenvalue weighted by molar-refractivity contribution is 14.0. The molecule has 0 radical (unpaired) electrons. The van der Waals surface area contributed by atoms with Crippen LogP contribution in [0.25, 0.3) is 0 Å². The molecular weight excluding hydrogens is 429 g/mol. The van der Waals surface area contributed by atoms with Crippen LogP contribution in [0.15, 0.2) is 23.3 Å². The van der Waals surface area contributed by atoms with Gasteiger partial charge >= 0.3 is 0 Å². The Morgan fingerprint density at radius 2 is 2.24 bits per heavy atom. The van der Waals surface area contributed by atoms with Gasteiger partial charge in [-0.3, -0.25) is 4.99 Å². The van der Waals surface area contributed by atoms with E-state index in [1.165, 1.54) is 5.69 Å². The zero-order valence-electron chi connectivity index (χ0n) is 15.4. The number of aryl methyl sites for hydroxylation is 3. The molecule has 1 aliphatic heterocycles. The minimum atomic E-state index is 0. The van der Waals surface area contributed by atoms with Gasteiger partial charge in [-0.05, 0) is 31.4 Å². The fraction of sp³-hybridized carbons (Fsp3) is 0.588. The molecule has 2 aromatic heterocycles. The number of rotatable bonds is 4. The standard InChI is InChI=1S/C17H27N7.HI/c1-13-20-21-16-8-7-14(11-24(13)16)10-19-17(18-2)23(4)12-15-6-5-9-22(15)3;/h5-6,9,14H,7-8,10-12H2,1-4H3,(H,18,19);1H. The molecule has 8 heteroatoms. The van der Waals surface area contributed by atoms with E-state index in [9.17, 15) is 0 Å². The quantitative estimate of drug-likeness (QED) is 0.432. The molecule has 1 unspecified atom stereocenters. The molecule has 1 N–H and O–H groups in total. The summed E-state index contributed by atoms with van der Waals surface area (Å²) >= 11 is 0. The highest BCUT2D eigenvalue weighted by Gasteiger charge is 2.22. The predicted octanol–water partition coefficient (Wildman–Crippen LogP) is 1.81. The number of nitrogens with one attached hydrogen (secondary N) is 1. The van der Waals surface area contributed by atoms with Gasteiger partial charge in [-0.1, -0.05) is 0 Å². The smallest absolute Gasteiger partial charge is 0.193 e. The zero-order valence-corrected chi connectivity index (χ0v) is 17.8. The number of nitrogens with zero attached hydrogens (tertiary/aromatic N) is 6. The number of hydrogen-bond acceptors (Lipinski definition) is 3. The summed E-state index contributed by atoms with van der Waals surface area (Å²) in [6.07, 6.45) is 4.22. The Kier molecular flexibility index (Phi) is 6.86. The molecule has 0 bridgehead atoms. The summed E-state index contributed by atoms with van der Waals surface area (Å²) in [6.45, 7) is 4.77. The summed E-state index contributed by atoms with van der Waals surface area (Å²) in [5, 5.41) is 11.9. The molecular formula is C17H28IN7. The van der Waals surface area contributed by atoms with Gasteiger partial charge in [0.05, 0.1) is 6.54 Å². The third-order valence-corrected chi connectivity index (χ3v) is 4.80. The monoisotopic (exact) mass is 457 g/mol. The average Bonchev–Trinajstić information content (AvgIpc) is 3.14. The van der Waals surface area contributed by atoms with Gasteiger partial charge in [0.25, 0.3) is 0 Å². The van der Waals surface area contributed by atoms with Crippen molar-refractivity contribution in [3.63, 3.8) is 0 Å². The maximum atomic E-state index is 4.43. The Balaban J connectivity index is 0.00000225. The van der Waals surface area contributed by atoms with Crippen molar-refractivity contribution >= 4 is 29.9 Å². The predicted molar refractivity (Wildman–Crippen MR) is 110 cm³/mol. The molecule has 25 heavy (non-hydrogen) atoms. The lowest BCUT2D eigenvalue weighted by molar-refractivity contribution is 0.352. The molecule has 0 fully saturated rings. The Morgan fingerprint density at radius 3 is 2.92 bits per heavy atom. The number of hydrogen-bond donors (Lipinski definition) is 1. The fourth-order valence-electron chi connectivity index (χ4n) is 3.30. The number of guanidine groups is 1. The third-order valence-electron chi connectivity index (χ3n) is 4.80. The molecule has 3 rings (SSSR count). The zero-order chi connectivity index (χ0) is 17.1. The fourth-order valence-corrected chi connectivity index (χ4v) is 3.30. The minimum absolute atomic E-state index is 0. The van der Waals surface area contributed by atoms with Crippen LogP contribution in [0.4, 0.5) is 0 Å². The Morgan fingerprint density at radius 1 is 1.44 bits per heavy atom. The van der Waals surface area contributed by atoms with Crippen molar-refractivity contribution in [1.82, 2.24) is 29.5 Å². The number of halogens is 1. The maximum Gasteiger partial charge on any atom is 0.193 e. The second-order valence-corrected chi connectivity index (χ2v) is 6.57. The Labute approximate surface area is 166 Å². The van der Waals surface area contributed by atoms with Gasteiger partial charge < -0.3 is 19.4 Å². The van der Waals surface area contributed by atoms with Gasteiger partial charge in [0.1, 0.15) is 11.6 Å². The van der Waals surface area contributed by atoms with Crippen LogP contribution in [0.2, 0.25) is 0 Å². The number of fused-ring (bicyclic) bond motifs is 1. The second kappa shape index (κ2) is 8.68. The molecule has 0 aliphatic carbocycles. The molecule has 3 heterocycles. The van der Waals surface area contributed by atoms with Crippen molar-refractivity contribution in [2.75, 3.05) is 20.6 Å². The molecule has 138 valence electrons. The SMILES string of the molecule is CN=C(NCC1CCc2nnc(C)n2C1)N(C)Cc1cccn1C.I. The van der Waals surface area contributed by atoms with E-state index in [2.05, 4.69) is 67.0 Å². The lowest BCUT2D eigenvalue weighted by Crippen LogP contribution is -2.42. The van der Waals surface area contributed by atoms with Crippen LogP contribution in [0, 0.1) is 12.8 Å². The Bertz CT molecular complexity index is 718. The number of aromatic nitrogens is 4. The van der Waals surface area contributed by atoms with E-state index in [0.717, 1.165) is 50.1 Å². The van der Waals surface area contributed by atoms with Gasteiger partial charge in [0, 0.05) is 52.5 Å². The van der Waals surface area contributed by atoms with Crippen LogP contribution in [-0.2, 0) is 26.6 Å². The van der Waals surface area contributed by atoms with E-state index in [-0.39, 0.29) is 24.0 Å². The maximum absolute atomic E-state index is 4.43. The highest BCUT2D eigenvalue weighted by atomic mass is 127. The summed E-state index contributed by atoms with van der Waals surface area (Å²) < 4.78 is 4.38. The first-order chi connectivity index (χ1) is 11.6. The van der Waals surface area contributed by atoms with Crippen LogP contribution < -0.4 is 5.32 Å². The lowest BCUT2D eigenvalue weighted by Gasteiger charge is -2.27. The molecule has 0 amide bonds. The van der Waals surface area contributed by atoms with E-state index >= 15 is 0 Å². The van der Waals surface area contributed by atoms with Crippen LogP contribution in [-0.4, -0.2) is 50.8 Å². The minimum Gasteiger partial charge on any atom is -0.356 e. The summed E-state index contributed by atoms with van der Waals surface area (Å²) in [5.41, 5.74) is 1.27. The van der Waals surface area contributed by atoms with Gasteiger partial charge in [0.2, 0.25) is 0 Å². The average molecular weight is 457 g/mol. The van der Waals surface area contributed by atoms with Crippen molar-refractivity contribution in [3.05, 3.63) is 35.7 Å². The second-order valence-electron chi connectivity index (χ2n) is 6.57. The molecule has 1 aliphatic rings. The topological polar surface area (TPSA) is 63.3 Å². The van der Waals surface area contributed by atoms with Crippen molar-refractivity contribution in [2.24, 2.45) is 18.0 Å². The lowest BCUT2D eigenvalue weighted by atomic mass is 9.99. The van der Waals surface area contributed by atoms with E-state index in [0.29, 0.717) is 5.92 Å².